The average Bonchev–Trinajstić information content (AvgIpc) is 3.32. The summed E-state index contributed by atoms with van der Waals surface area (Å²) in [6.45, 7) is 0. The third-order valence-electron chi connectivity index (χ3n) is 6.35. The Balaban J connectivity index is 1.56. The minimum absolute atomic E-state index is 0.124. The first-order chi connectivity index (χ1) is 14.3. The van der Waals surface area contributed by atoms with E-state index in [4.69, 9.17) is 4.74 Å². The monoisotopic (exact) mass is 421 g/mol. The maximum Gasteiger partial charge on any atom is 0.416 e. The van der Waals surface area contributed by atoms with Gasteiger partial charge in [-0.1, -0.05) is 12.8 Å². The van der Waals surface area contributed by atoms with E-state index in [0.29, 0.717) is 17.6 Å². The minimum atomic E-state index is -4.54. The Morgan fingerprint density at radius 3 is 2.43 bits per heavy atom. The van der Waals surface area contributed by atoms with Gasteiger partial charge in [-0.25, -0.2) is 0 Å². The maximum absolute atomic E-state index is 13.0. The number of ether oxygens (including phenoxy) is 1. The Morgan fingerprint density at radius 2 is 1.73 bits per heavy atom. The van der Waals surface area contributed by atoms with Gasteiger partial charge in [-0.15, -0.1) is 10.2 Å². The zero-order valence-corrected chi connectivity index (χ0v) is 16.1. The van der Waals surface area contributed by atoms with Crippen molar-refractivity contribution in [2.45, 2.75) is 69.1 Å². The highest BCUT2D eigenvalue weighted by molar-refractivity contribution is 5.74. The molecule has 0 spiro atoms. The van der Waals surface area contributed by atoms with Crippen LogP contribution in [0.15, 0.2) is 18.2 Å². The van der Waals surface area contributed by atoms with Gasteiger partial charge in [0.05, 0.1) is 29.9 Å². The lowest BCUT2D eigenvalue weighted by molar-refractivity contribution is -0.137. The lowest BCUT2D eigenvalue weighted by atomic mass is 9.88. The first-order valence-corrected chi connectivity index (χ1v) is 10.2. The van der Waals surface area contributed by atoms with Gasteiger partial charge in [-0.3, -0.25) is 0 Å². The van der Waals surface area contributed by atoms with Crippen LogP contribution in [-0.4, -0.2) is 32.6 Å². The normalized spacial score (nSPS) is 27.9. The van der Waals surface area contributed by atoms with Gasteiger partial charge in [0.15, 0.2) is 5.82 Å². The lowest BCUT2D eigenvalue weighted by Crippen LogP contribution is -2.37. The zero-order chi connectivity index (χ0) is 21.0. The number of aliphatic hydroxyl groups excluding tert-OH is 1. The maximum atomic E-state index is 13.0. The number of halogens is 3. The number of aromatic hydroxyl groups is 1. The molecule has 9 heteroatoms. The molecule has 2 fully saturated rings. The molecule has 0 amide bonds. The highest BCUT2D eigenvalue weighted by Crippen LogP contribution is 2.55. The van der Waals surface area contributed by atoms with Gasteiger partial charge >= 0.3 is 6.18 Å². The van der Waals surface area contributed by atoms with E-state index in [-0.39, 0.29) is 23.8 Å². The molecule has 3 aliphatic rings. The molecule has 1 aliphatic carbocycles. The number of rotatable bonds is 3. The summed E-state index contributed by atoms with van der Waals surface area (Å²) >= 11 is 0. The SMILES string of the molecule is Oc1cc(C(F)(F)F)ccc1-c1nnc(N[C@@H]2CCCC[C@H]2O)c2c1C1CCC2O1. The standard InChI is InChI=1S/C21H22F3N3O3/c22-21(23,24)10-5-6-11(14(29)9-10)19-17-15-7-8-16(30-15)18(17)20(27-26-19)25-12-3-1-2-4-13(12)28/h5-6,9,12-13,15-16,28-29H,1-4,7-8H2,(H,25,27)/t12-,13-,15?,16?/m1/s1. The first kappa shape index (κ1) is 19.6. The quantitative estimate of drug-likeness (QED) is 0.677. The van der Waals surface area contributed by atoms with Crippen molar-refractivity contribution < 1.29 is 28.1 Å². The molecule has 0 radical (unpaired) electrons. The number of hydrogen-bond acceptors (Lipinski definition) is 6. The fraction of sp³-hybridized carbons (Fsp3) is 0.524. The van der Waals surface area contributed by atoms with Crippen molar-refractivity contribution in [2.24, 2.45) is 0 Å². The molecular formula is C21H22F3N3O3. The van der Waals surface area contributed by atoms with Crippen molar-refractivity contribution in [3.05, 3.63) is 34.9 Å². The second-order valence-corrected chi connectivity index (χ2v) is 8.25. The predicted octanol–water partition coefficient (Wildman–Crippen LogP) is 4.49. The van der Waals surface area contributed by atoms with Crippen molar-refractivity contribution in [1.29, 1.82) is 0 Å². The molecule has 160 valence electrons. The molecule has 5 rings (SSSR count). The number of aliphatic hydroxyl groups is 1. The molecule has 2 aliphatic heterocycles. The smallest absolute Gasteiger partial charge is 0.416 e. The van der Waals surface area contributed by atoms with Gasteiger partial charge in [0.2, 0.25) is 0 Å². The Bertz CT molecular complexity index is 982. The number of phenolic OH excluding ortho intramolecular Hbond substituents is 1. The molecule has 2 unspecified atom stereocenters. The van der Waals surface area contributed by atoms with Crippen LogP contribution in [0.5, 0.6) is 5.75 Å². The van der Waals surface area contributed by atoms with E-state index in [9.17, 15) is 23.4 Å². The van der Waals surface area contributed by atoms with Crippen molar-refractivity contribution in [3.8, 4) is 17.0 Å². The Labute approximate surface area is 171 Å². The Kier molecular flexibility index (Phi) is 4.62. The first-order valence-electron chi connectivity index (χ1n) is 10.2. The number of nitrogens with one attached hydrogen (secondary N) is 1. The van der Waals surface area contributed by atoms with Gasteiger partial charge in [0, 0.05) is 16.7 Å². The number of phenols is 1. The molecule has 3 heterocycles. The lowest BCUT2D eigenvalue weighted by Gasteiger charge is -2.30. The summed E-state index contributed by atoms with van der Waals surface area (Å²) < 4.78 is 44.9. The molecule has 6 nitrogen and oxygen atoms in total. The molecule has 30 heavy (non-hydrogen) atoms. The number of aromatic nitrogens is 2. The molecule has 2 aromatic rings. The molecular weight excluding hydrogens is 399 g/mol. The minimum Gasteiger partial charge on any atom is -0.507 e. The molecule has 1 saturated heterocycles. The van der Waals surface area contributed by atoms with Gasteiger partial charge in [0.25, 0.3) is 0 Å². The van der Waals surface area contributed by atoms with Gasteiger partial charge in [-0.2, -0.15) is 13.2 Å². The van der Waals surface area contributed by atoms with Crippen LogP contribution in [0.25, 0.3) is 11.3 Å². The van der Waals surface area contributed by atoms with E-state index in [0.717, 1.165) is 55.7 Å². The van der Waals surface area contributed by atoms with E-state index in [1.54, 1.807) is 0 Å². The third kappa shape index (κ3) is 3.20. The van der Waals surface area contributed by atoms with Crippen LogP contribution in [-0.2, 0) is 10.9 Å². The van der Waals surface area contributed by atoms with Gasteiger partial charge < -0.3 is 20.3 Å². The van der Waals surface area contributed by atoms with Gasteiger partial charge in [-0.05, 0) is 43.9 Å². The molecule has 1 aromatic carbocycles. The number of anilines is 1. The summed E-state index contributed by atoms with van der Waals surface area (Å²) in [5.74, 6) is 0.0609. The topological polar surface area (TPSA) is 87.5 Å². The second-order valence-electron chi connectivity index (χ2n) is 8.25. The van der Waals surface area contributed by atoms with Crippen molar-refractivity contribution in [1.82, 2.24) is 10.2 Å². The van der Waals surface area contributed by atoms with Crippen molar-refractivity contribution in [3.63, 3.8) is 0 Å². The third-order valence-corrected chi connectivity index (χ3v) is 6.35. The number of hydrogen-bond donors (Lipinski definition) is 3. The molecule has 2 bridgehead atoms. The largest absolute Gasteiger partial charge is 0.507 e. The average molecular weight is 421 g/mol. The summed E-state index contributed by atoms with van der Waals surface area (Å²) in [6.07, 6.45) is -0.232. The summed E-state index contributed by atoms with van der Waals surface area (Å²) in [5.41, 5.74) is 1.23. The molecule has 4 atom stereocenters. The molecule has 1 saturated carbocycles. The number of benzene rings is 1. The van der Waals surface area contributed by atoms with Crippen molar-refractivity contribution in [2.75, 3.05) is 5.32 Å². The van der Waals surface area contributed by atoms with Crippen LogP contribution < -0.4 is 5.32 Å². The van der Waals surface area contributed by atoms with E-state index in [1.807, 2.05) is 0 Å². The van der Waals surface area contributed by atoms with Crippen LogP contribution >= 0.6 is 0 Å². The van der Waals surface area contributed by atoms with E-state index in [1.165, 1.54) is 6.07 Å². The Morgan fingerprint density at radius 1 is 1.00 bits per heavy atom. The number of fused-ring (bicyclic) bond motifs is 5. The number of alkyl halides is 3. The number of nitrogens with zero attached hydrogens (tertiary/aromatic N) is 2. The zero-order valence-electron chi connectivity index (χ0n) is 16.1. The van der Waals surface area contributed by atoms with Crippen LogP contribution in [0.1, 0.15) is 67.4 Å². The summed E-state index contributed by atoms with van der Waals surface area (Å²) in [7, 11) is 0. The summed E-state index contributed by atoms with van der Waals surface area (Å²) in [4.78, 5) is 0. The van der Waals surface area contributed by atoms with Gasteiger partial charge in [0.1, 0.15) is 11.4 Å². The highest BCUT2D eigenvalue weighted by atomic mass is 19.4. The van der Waals surface area contributed by atoms with Crippen LogP contribution in [0, 0.1) is 0 Å². The fourth-order valence-corrected chi connectivity index (χ4v) is 4.85. The van der Waals surface area contributed by atoms with Crippen molar-refractivity contribution >= 4 is 5.82 Å². The van der Waals surface area contributed by atoms with Crippen LogP contribution in [0.3, 0.4) is 0 Å². The molecule has 3 N–H and O–H groups in total. The van der Waals surface area contributed by atoms with E-state index < -0.39 is 23.6 Å². The Hall–Kier alpha value is -2.39. The molecule has 1 aromatic heterocycles. The highest BCUT2D eigenvalue weighted by Gasteiger charge is 2.44. The second kappa shape index (κ2) is 7.09. The van der Waals surface area contributed by atoms with Crippen LogP contribution in [0.4, 0.5) is 19.0 Å². The van der Waals surface area contributed by atoms with Crippen LogP contribution in [0.2, 0.25) is 0 Å². The predicted molar refractivity (Wildman–Crippen MR) is 102 cm³/mol. The fourth-order valence-electron chi connectivity index (χ4n) is 4.85. The van der Waals surface area contributed by atoms with E-state index >= 15 is 0 Å². The summed E-state index contributed by atoms with van der Waals surface area (Å²) in [6, 6.07) is 2.75. The van der Waals surface area contributed by atoms with E-state index in [2.05, 4.69) is 15.5 Å². The summed E-state index contributed by atoms with van der Waals surface area (Å²) in [5, 5.41) is 32.5.